The van der Waals surface area contributed by atoms with Crippen LogP contribution in [0.3, 0.4) is 0 Å². The number of benzene rings is 1. The van der Waals surface area contributed by atoms with E-state index in [1.165, 1.54) is 18.3 Å². The zero-order chi connectivity index (χ0) is 26.0. The Balaban J connectivity index is 1.71. The average Bonchev–Trinajstić information content (AvgIpc) is 3.30. The van der Waals surface area contributed by atoms with Gasteiger partial charge >= 0.3 is 0 Å². The van der Waals surface area contributed by atoms with Gasteiger partial charge in [0.2, 0.25) is 10.0 Å². The molecule has 0 aliphatic carbocycles. The van der Waals surface area contributed by atoms with Crippen molar-refractivity contribution in [3.63, 3.8) is 0 Å². The predicted octanol–water partition coefficient (Wildman–Crippen LogP) is 4.50. The van der Waals surface area contributed by atoms with Crippen LogP contribution in [-0.4, -0.2) is 49.0 Å². The molecule has 188 valence electrons. The number of carbonyl (C=O) groups excluding carboxylic acids is 1. The lowest BCUT2D eigenvalue weighted by Gasteiger charge is -2.30. The second-order valence-corrected chi connectivity index (χ2v) is 10.4. The van der Waals surface area contributed by atoms with Crippen LogP contribution in [0.25, 0.3) is 22.2 Å². The minimum Gasteiger partial charge on any atom is -0.744 e. The van der Waals surface area contributed by atoms with Gasteiger partial charge in [-0.05, 0) is 36.8 Å². The lowest BCUT2D eigenvalue weighted by Crippen LogP contribution is -2.28. The fraction of sp³-hybridized carbons (Fsp3) is 0.240. The van der Waals surface area contributed by atoms with E-state index >= 15 is 4.39 Å². The number of fused-ring (bicyclic) bond motifs is 1. The molecule has 0 aliphatic heterocycles. The molecule has 4 rings (SSSR count). The molecule has 0 bridgehead atoms. The maximum atomic E-state index is 15.3. The Morgan fingerprint density at radius 2 is 1.83 bits per heavy atom. The molecule has 4 aromatic rings. The molecule has 0 radical (unpaired) electrons. The molecule has 0 amide bonds. The maximum Gasteiger partial charge on any atom is 0.225 e. The van der Waals surface area contributed by atoms with E-state index < -0.39 is 38.6 Å². The predicted molar refractivity (Wildman–Crippen MR) is 138 cm³/mol. The summed E-state index contributed by atoms with van der Waals surface area (Å²) >= 11 is 0. The fourth-order valence-electron chi connectivity index (χ4n) is 3.71. The van der Waals surface area contributed by atoms with Crippen molar-refractivity contribution in [3.8, 4) is 11.1 Å². The van der Waals surface area contributed by atoms with E-state index in [1.807, 2.05) is 31.1 Å². The topological polar surface area (TPSA) is 122 Å². The number of hydrogen-bond donors (Lipinski definition) is 1. The summed E-state index contributed by atoms with van der Waals surface area (Å²) < 4.78 is 39.6. The van der Waals surface area contributed by atoms with Crippen LogP contribution in [0.5, 0.6) is 0 Å². The van der Waals surface area contributed by atoms with E-state index in [1.54, 1.807) is 25.4 Å². The third-order valence-electron chi connectivity index (χ3n) is 5.74. The average molecular weight is 511 g/mol. The zero-order valence-corrected chi connectivity index (χ0v) is 20.8. The molecule has 11 heteroatoms. The highest BCUT2D eigenvalue weighted by atomic mass is 32.2. The van der Waals surface area contributed by atoms with Gasteiger partial charge in [-0.2, -0.15) is 0 Å². The minimum atomic E-state index is -4.27. The van der Waals surface area contributed by atoms with E-state index in [9.17, 15) is 18.4 Å². The van der Waals surface area contributed by atoms with E-state index in [0.29, 0.717) is 23.0 Å². The molecule has 0 unspecified atom stereocenters. The number of ketones is 1. The molecule has 1 N–H and O–H groups in total. The van der Waals surface area contributed by atoms with E-state index in [0.717, 1.165) is 17.4 Å². The third kappa shape index (κ3) is 4.79. The number of nitrogens with zero attached hydrogens (tertiary/aromatic N) is 4. The van der Waals surface area contributed by atoms with Gasteiger partial charge in [0.15, 0.2) is 11.6 Å². The first-order valence-electron chi connectivity index (χ1n) is 11.3. The van der Waals surface area contributed by atoms with Gasteiger partial charge in [-0.25, -0.2) is 22.8 Å². The first-order chi connectivity index (χ1) is 17.1. The summed E-state index contributed by atoms with van der Waals surface area (Å²) in [6, 6.07) is 9.02. The van der Waals surface area contributed by atoms with Gasteiger partial charge in [0.1, 0.15) is 11.5 Å². The van der Waals surface area contributed by atoms with Crippen LogP contribution in [0, 0.1) is 11.0 Å². The molecule has 0 atom stereocenters. The number of hydrogen-bond acceptors (Lipinski definition) is 7. The maximum absolute atomic E-state index is 15.3. The summed E-state index contributed by atoms with van der Waals surface area (Å²) in [7, 11) is -0.506. The van der Waals surface area contributed by atoms with Crippen molar-refractivity contribution in [2.24, 2.45) is 0 Å². The van der Waals surface area contributed by atoms with E-state index in [2.05, 4.69) is 15.0 Å². The summed E-state index contributed by atoms with van der Waals surface area (Å²) in [6.07, 6.45) is 5.56. The van der Waals surface area contributed by atoms with Gasteiger partial charge in [-0.15, -0.1) is 0 Å². The lowest BCUT2D eigenvalue weighted by atomic mass is 10.0. The summed E-state index contributed by atoms with van der Waals surface area (Å²) in [4.78, 5) is 26.9. The number of carbonyl (C=O) groups is 1. The van der Waals surface area contributed by atoms with Crippen LogP contribution < -0.4 is 9.37 Å². The molecule has 36 heavy (non-hydrogen) atoms. The number of anilines is 2. The molecule has 0 spiro atoms. The number of nitrogens with one attached hydrogen (secondary N) is 1. The van der Waals surface area contributed by atoms with Crippen LogP contribution in [0.2, 0.25) is 0 Å². The van der Waals surface area contributed by atoms with E-state index in [-0.39, 0.29) is 16.5 Å². The van der Waals surface area contributed by atoms with Gasteiger partial charge in [-0.3, -0.25) is 4.79 Å². The van der Waals surface area contributed by atoms with Crippen molar-refractivity contribution in [2.45, 2.75) is 19.8 Å². The number of halogens is 1. The number of aromatic amines is 1. The Morgan fingerprint density at radius 3 is 2.50 bits per heavy atom. The molecule has 0 aliphatic rings. The first-order valence-corrected chi connectivity index (χ1v) is 12.9. The normalized spacial score (nSPS) is 11.6. The molecule has 0 saturated carbocycles. The Bertz CT molecular complexity index is 1520. The summed E-state index contributed by atoms with van der Waals surface area (Å²) in [5.41, 5.74) is 0.909. The molecule has 9 nitrogen and oxygen atoms in total. The molecule has 1 aromatic carbocycles. The summed E-state index contributed by atoms with van der Waals surface area (Å²) in [5.74, 6) is -1.53. The number of rotatable bonds is 9. The largest absolute Gasteiger partial charge is 0.744 e. The van der Waals surface area contributed by atoms with Crippen molar-refractivity contribution in [2.75, 3.05) is 29.2 Å². The van der Waals surface area contributed by atoms with Gasteiger partial charge in [0.05, 0.1) is 17.0 Å². The van der Waals surface area contributed by atoms with Gasteiger partial charge in [0.25, 0.3) is 0 Å². The van der Waals surface area contributed by atoms with Crippen molar-refractivity contribution in [1.29, 1.82) is 0 Å². The quantitative estimate of drug-likeness (QED) is 0.260. The van der Waals surface area contributed by atoms with Crippen molar-refractivity contribution in [1.82, 2.24) is 15.0 Å². The van der Waals surface area contributed by atoms with E-state index in [4.69, 9.17) is 0 Å². The monoisotopic (exact) mass is 510 g/mol. The molecule has 3 heterocycles. The second-order valence-electron chi connectivity index (χ2n) is 8.49. The van der Waals surface area contributed by atoms with Crippen LogP contribution in [0.15, 0.2) is 55.0 Å². The molecule has 0 saturated heterocycles. The van der Waals surface area contributed by atoms with Crippen molar-refractivity contribution >= 4 is 38.3 Å². The summed E-state index contributed by atoms with van der Waals surface area (Å²) in [5, 5.41) is 12.9. The van der Waals surface area contributed by atoms with Crippen molar-refractivity contribution < 1.29 is 17.6 Å². The SMILES string of the molecule is CCCCS(=O)(=O)N([O-])c1cccc(C(=O)c2c[nH]c3ncc(-c4ccc(N(C)C)nc4)cc23)c1F. The molecular formula is C25H25FN5O4S-. The Morgan fingerprint density at radius 1 is 1.08 bits per heavy atom. The Hall–Kier alpha value is -3.83. The van der Waals surface area contributed by atoms with Crippen LogP contribution in [-0.2, 0) is 10.0 Å². The number of aromatic nitrogens is 3. The number of H-pyrrole nitrogens is 1. The highest BCUT2D eigenvalue weighted by Crippen LogP contribution is 2.30. The zero-order valence-electron chi connectivity index (χ0n) is 20.0. The first kappa shape index (κ1) is 25.3. The third-order valence-corrected chi connectivity index (χ3v) is 7.25. The Labute approximate surface area is 208 Å². The highest BCUT2D eigenvalue weighted by Gasteiger charge is 2.24. The number of unbranched alkanes of at least 4 members (excludes halogenated alkanes) is 1. The van der Waals surface area contributed by atoms with Gasteiger partial charge < -0.3 is 19.6 Å². The van der Waals surface area contributed by atoms with Gasteiger partial charge in [-0.1, -0.05) is 19.4 Å². The minimum absolute atomic E-state index is 0.138. The van der Waals surface area contributed by atoms with Crippen LogP contribution >= 0.6 is 0 Å². The standard InChI is InChI=1S/C25H25FN5O4S/c1-4-5-11-36(34,35)31(33)21-8-6-7-18(23(21)26)24(32)20-15-29-25-19(20)12-17(14-28-25)16-9-10-22(27-13-16)30(2)3/h6-10,12-15H,4-5,11H2,1-3H3,(H,28,29)/q-1. The second kappa shape index (κ2) is 10.0. The smallest absolute Gasteiger partial charge is 0.225 e. The van der Waals surface area contributed by atoms with Gasteiger partial charge in [0, 0.05) is 54.8 Å². The molecule has 3 aromatic heterocycles. The number of pyridine rings is 2. The van der Waals surface area contributed by atoms with Crippen LogP contribution in [0.4, 0.5) is 15.9 Å². The van der Waals surface area contributed by atoms with Crippen LogP contribution in [0.1, 0.15) is 35.7 Å². The summed E-state index contributed by atoms with van der Waals surface area (Å²) in [6.45, 7) is 1.78. The van der Waals surface area contributed by atoms with Crippen molar-refractivity contribution in [3.05, 3.63) is 77.1 Å². The lowest BCUT2D eigenvalue weighted by molar-refractivity contribution is 0.103. The number of sulfonamides is 1. The highest BCUT2D eigenvalue weighted by molar-refractivity contribution is 7.92. The fourth-order valence-corrected chi connectivity index (χ4v) is 4.97. The Kier molecular flexibility index (Phi) is 7.04. The molecule has 0 fully saturated rings. The molecular weight excluding hydrogens is 485 g/mol.